The molecule has 1 fully saturated rings. The van der Waals surface area contributed by atoms with Crippen molar-refractivity contribution in [1.29, 1.82) is 0 Å². The molecule has 0 bridgehead atoms. The predicted octanol–water partition coefficient (Wildman–Crippen LogP) is 5.45. The van der Waals surface area contributed by atoms with Gasteiger partial charge in [-0.3, -0.25) is 4.79 Å². The Balaban J connectivity index is 1.66. The lowest BCUT2D eigenvalue weighted by Gasteiger charge is -2.12. The Morgan fingerprint density at radius 1 is 1.20 bits per heavy atom. The number of benzene rings is 2. The maximum atomic E-state index is 10.9. The molecule has 3 rings (SSSR count). The Bertz CT molecular complexity index is 752. The van der Waals surface area contributed by atoms with Crippen LogP contribution in [0.5, 0.6) is 5.75 Å². The quantitative estimate of drug-likeness (QED) is 0.716. The van der Waals surface area contributed by atoms with Crippen LogP contribution in [0.25, 0.3) is 11.1 Å². The van der Waals surface area contributed by atoms with Crippen molar-refractivity contribution in [1.82, 2.24) is 0 Å². The second kappa shape index (κ2) is 7.49. The van der Waals surface area contributed by atoms with E-state index >= 15 is 0 Å². The molecular weight excluding hydrogens is 336 g/mol. The van der Waals surface area contributed by atoms with Crippen LogP contribution in [0.1, 0.15) is 32.3 Å². The summed E-state index contributed by atoms with van der Waals surface area (Å²) in [6.45, 7) is 3.98. The minimum absolute atomic E-state index is 0.103. The lowest BCUT2D eigenvalue weighted by atomic mass is 10.0. The van der Waals surface area contributed by atoms with Crippen LogP contribution >= 0.6 is 11.6 Å². The average molecular weight is 359 g/mol. The summed E-state index contributed by atoms with van der Waals surface area (Å²) in [6, 6.07) is 14.2. The highest BCUT2D eigenvalue weighted by Gasteiger charge is 2.42. The third kappa shape index (κ3) is 4.76. The molecule has 0 radical (unpaired) electrons. The van der Waals surface area contributed by atoms with E-state index in [1.807, 2.05) is 32.0 Å². The van der Waals surface area contributed by atoms with Gasteiger partial charge in [0.15, 0.2) is 0 Å². The molecule has 0 unspecified atom stereocenters. The zero-order valence-corrected chi connectivity index (χ0v) is 15.3. The second-order valence-electron chi connectivity index (χ2n) is 7.02. The highest BCUT2D eigenvalue weighted by atomic mass is 35.5. The number of aliphatic carboxylic acids is 1. The van der Waals surface area contributed by atoms with Crippen LogP contribution in [-0.4, -0.2) is 17.2 Å². The molecule has 2 aromatic rings. The van der Waals surface area contributed by atoms with Gasteiger partial charge in [0.25, 0.3) is 0 Å². The molecule has 1 aliphatic carbocycles. The number of halogens is 1. The highest BCUT2D eigenvalue weighted by molar-refractivity contribution is 6.31. The van der Waals surface area contributed by atoms with Crippen LogP contribution in [0.2, 0.25) is 5.02 Å². The summed E-state index contributed by atoms with van der Waals surface area (Å²) in [5, 5.41) is 9.62. The van der Waals surface area contributed by atoms with E-state index in [4.69, 9.17) is 21.4 Å². The fourth-order valence-electron chi connectivity index (χ4n) is 3.15. The minimum Gasteiger partial charge on any atom is -0.491 e. The first-order valence-electron chi connectivity index (χ1n) is 8.71. The first-order valence-corrected chi connectivity index (χ1v) is 9.09. The van der Waals surface area contributed by atoms with Gasteiger partial charge >= 0.3 is 5.97 Å². The standard InChI is InChI=1S/C21H23ClO3/c1-13(2)25-19-10-17(9-18(22)12-19)15-6-3-14(4-7-15)5-8-16-11-20(16)21(23)24/h3-4,6-7,9-10,12-13,16,20H,5,8,11H2,1-2H3,(H,23,24)/t16-,20-/m1/s1. The predicted molar refractivity (Wildman–Crippen MR) is 100 cm³/mol. The Morgan fingerprint density at radius 3 is 2.52 bits per heavy atom. The van der Waals surface area contributed by atoms with Crippen LogP contribution in [-0.2, 0) is 11.2 Å². The molecule has 2 aromatic carbocycles. The van der Waals surface area contributed by atoms with Gasteiger partial charge in [-0.05, 0) is 73.9 Å². The van der Waals surface area contributed by atoms with E-state index < -0.39 is 5.97 Å². The third-order valence-corrected chi connectivity index (χ3v) is 4.79. The van der Waals surface area contributed by atoms with Crippen molar-refractivity contribution >= 4 is 17.6 Å². The first-order chi connectivity index (χ1) is 11.9. The minimum atomic E-state index is -0.652. The lowest BCUT2D eigenvalue weighted by Crippen LogP contribution is -2.05. The molecule has 132 valence electrons. The normalized spacial score (nSPS) is 19.0. The number of carbonyl (C=O) groups is 1. The number of hydrogen-bond acceptors (Lipinski definition) is 2. The molecule has 0 heterocycles. The number of aryl methyl sites for hydroxylation is 1. The van der Waals surface area contributed by atoms with Gasteiger partial charge in [-0.2, -0.15) is 0 Å². The number of carboxylic acid groups (broad SMARTS) is 1. The van der Waals surface area contributed by atoms with Gasteiger partial charge in [-0.1, -0.05) is 35.9 Å². The molecule has 0 amide bonds. The van der Waals surface area contributed by atoms with E-state index in [2.05, 4.69) is 24.3 Å². The van der Waals surface area contributed by atoms with Crippen molar-refractivity contribution < 1.29 is 14.6 Å². The van der Waals surface area contributed by atoms with E-state index in [0.29, 0.717) is 10.9 Å². The maximum absolute atomic E-state index is 10.9. The molecule has 1 N–H and O–H groups in total. The number of carboxylic acids is 1. The van der Waals surface area contributed by atoms with Gasteiger partial charge in [0.05, 0.1) is 12.0 Å². The fourth-order valence-corrected chi connectivity index (χ4v) is 3.38. The van der Waals surface area contributed by atoms with Crippen LogP contribution in [0.15, 0.2) is 42.5 Å². The molecule has 0 spiro atoms. The molecule has 0 aromatic heterocycles. The summed E-state index contributed by atoms with van der Waals surface area (Å²) >= 11 is 6.22. The van der Waals surface area contributed by atoms with E-state index in [0.717, 1.165) is 36.1 Å². The Kier molecular flexibility index (Phi) is 5.33. The third-order valence-electron chi connectivity index (χ3n) is 4.57. The van der Waals surface area contributed by atoms with Crippen LogP contribution in [0.3, 0.4) is 0 Å². The lowest BCUT2D eigenvalue weighted by molar-refractivity contribution is -0.138. The molecule has 4 heteroatoms. The Labute approximate surface area is 153 Å². The summed E-state index contributed by atoms with van der Waals surface area (Å²) in [4.78, 5) is 10.9. The maximum Gasteiger partial charge on any atom is 0.306 e. The average Bonchev–Trinajstić information content (AvgIpc) is 3.32. The topological polar surface area (TPSA) is 46.5 Å². The number of ether oxygens (including phenoxy) is 1. The van der Waals surface area contributed by atoms with Gasteiger partial charge in [0.1, 0.15) is 5.75 Å². The largest absolute Gasteiger partial charge is 0.491 e. The molecule has 0 saturated heterocycles. The van der Waals surface area contributed by atoms with Crippen LogP contribution < -0.4 is 4.74 Å². The van der Waals surface area contributed by atoms with Crippen molar-refractivity contribution in [2.75, 3.05) is 0 Å². The SMILES string of the molecule is CC(C)Oc1cc(Cl)cc(-c2ccc(CC[C@@H]3C[C@H]3C(=O)O)cc2)c1. The van der Waals surface area contributed by atoms with Gasteiger partial charge in [0, 0.05) is 5.02 Å². The van der Waals surface area contributed by atoms with Crippen LogP contribution in [0.4, 0.5) is 0 Å². The molecule has 0 aliphatic heterocycles. The summed E-state index contributed by atoms with van der Waals surface area (Å²) in [5.74, 6) is 0.349. The zero-order valence-electron chi connectivity index (χ0n) is 14.5. The molecule has 2 atom stereocenters. The van der Waals surface area contributed by atoms with E-state index in [1.54, 1.807) is 0 Å². The van der Waals surface area contributed by atoms with Crippen molar-refractivity contribution in [2.45, 2.75) is 39.2 Å². The van der Waals surface area contributed by atoms with Crippen LogP contribution in [0, 0.1) is 11.8 Å². The molecule has 1 saturated carbocycles. The molecular formula is C21H23ClO3. The number of hydrogen-bond donors (Lipinski definition) is 1. The van der Waals surface area contributed by atoms with Crippen molar-refractivity contribution in [3.63, 3.8) is 0 Å². The number of rotatable bonds is 7. The van der Waals surface area contributed by atoms with Gasteiger partial charge in [-0.15, -0.1) is 0 Å². The second-order valence-corrected chi connectivity index (χ2v) is 7.45. The Morgan fingerprint density at radius 2 is 1.92 bits per heavy atom. The molecule has 1 aliphatic rings. The summed E-state index contributed by atoms with van der Waals surface area (Å²) < 4.78 is 5.75. The van der Waals surface area contributed by atoms with E-state index in [1.165, 1.54) is 5.56 Å². The monoisotopic (exact) mass is 358 g/mol. The summed E-state index contributed by atoms with van der Waals surface area (Å²) in [7, 11) is 0. The van der Waals surface area contributed by atoms with E-state index in [-0.39, 0.29) is 12.0 Å². The van der Waals surface area contributed by atoms with Crippen molar-refractivity contribution in [2.24, 2.45) is 11.8 Å². The van der Waals surface area contributed by atoms with Gasteiger partial charge < -0.3 is 9.84 Å². The summed E-state index contributed by atoms with van der Waals surface area (Å²) in [5.41, 5.74) is 3.36. The first kappa shape index (κ1) is 17.8. The molecule has 3 nitrogen and oxygen atoms in total. The smallest absolute Gasteiger partial charge is 0.306 e. The van der Waals surface area contributed by atoms with Crippen molar-refractivity contribution in [3.05, 3.63) is 53.1 Å². The van der Waals surface area contributed by atoms with Gasteiger partial charge in [-0.25, -0.2) is 0 Å². The molecule has 25 heavy (non-hydrogen) atoms. The van der Waals surface area contributed by atoms with Crippen molar-refractivity contribution in [3.8, 4) is 16.9 Å². The zero-order chi connectivity index (χ0) is 18.0. The fraction of sp³-hybridized carbons (Fsp3) is 0.381. The van der Waals surface area contributed by atoms with E-state index in [9.17, 15) is 4.79 Å². The summed E-state index contributed by atoms with van der Waals surface area (Å²) in [6.07, 6.45) is 2.80. The Hall–Kier alpha value is -2.00. The van der Waals surface area contributed by atoms with Gasteiger partial charge in [0.2, 0.25) is 0 Å². The highest BCUT2D eigenvalue weighted by Crippen LogP contribution is 2.42.